The Kier molecular flexibility index (Phi) is 3.78. The summed E-state index contributed by atoms with van der Waals surface area (Å²) in [6.45, 7) is 2.89. The Balaban J connectivity index is 1.86. The number of hydrogen-bond donors (Lipinski definition) is 1. The van der Waals surface area contributed by atoms with Gasteiger partial charge in [0.05, 0.1) is 11.1 Å². The van der Waals surface area contributed by atoms with E-state index in [2.05, 4.69) is 6.92 Å². The van der Waals surface area contributed by atoms with Crippen LogP contribution in [0.2, 0.25) is 5.02 Å². The molecule has 0 saturated carbocycles. The average molecular weight is 297 g/mol. The van der Waals surface area contributed by atoms with Gasteiger partial charge in [0.15, 0.2) is 0 Å². The molecule has 5 heteroatoms. The maximum Gasteiger partial charge on any atom is 0.271 e. The summed E-state index contributed by atoms with van der Waals surface area (Å²) in [5.74, 6) is 0.0738. The third kappa shape index (κ3) is 2.35. The molecule has 2 atom stereocenters. The summed E-state index contributed by atoms with van der Waals surface area (Å²) in [6, 6.07) is 2.16. The number of aryl methyl sites for hydroxylation is 1. The minimum absolute atomic E-state index is 0.0738. The van der Waals surface area contributed by atoms with Crippen LogP contribution in [0.3, 0.4) is 0 Å². The van der Waals surface area contributed by atoms with Crippen molar-refractivity contribution >= 4 is 17.5 Å². The number of aliphatic hydroxyl groups excluding tert-OH is 1. The molecule has 2 aliphatic rings. The predicted molar refractivity (Wildman–Crippen MR) is 78.0 cm³/mol. The molecule has 0 spiro atoms. The van der Waals surface area contributed by atoms with Crippen molar-refractivity contribution in [2.75, 3.05) is 0 Å². The number of fused-ring (bicyclic) bond motifs is 2. The van der Waals surface area contributed by atoms with Crippen molar-refractivity contribution in [1.82, 2.24) is 9.47 Å². The Morgan fingerprint density at radius 2 is 2.05 bits per heavy atom. The Labute approximate surface area is 124 Å². The van der Waals surface area contributed by atoms with Crippen LogP contribution >= 0.6 is 11.6 Å². The molecule has 0 aliphatic carbocycles. The van der Waals surface area contributed by atoms with E-state index in [1.54, 1.807) is 6.07 Å². The molecule has 3 heterocycles. The fraction of sp³-hybridized carbons (Fsp3) is 0.667. The van der Waals surface area contributed by atoms with Crippen molar-refractivity contribution in [2.24, 2.45) is 0 Å². The van der Waals surface area contributed by atoms with E-state index in [4.69, 9.17) is 11.6 Å². The van der Waals surface area contributed by atoms with E-state index < -0.39 is 0 Å². The smallest absolute Gasteiger partial charge is 0.271 e. The summed E-state index contributed by atoms with van der Waals surface area (Å²) in [5, 5.41) is 10.5. The van der Waals surface area contributed by atoms with Crippen LogP contribution in [0.4, 0.5) is 0 Å². The molecule has 0 radical (unpaired) electrons. The van der Waals surface area contributed by atoms with Crippen molar-refractivity contribution in [3.05, 3.63) is 23.0 Å². The zero-order chi connectivity index (χ0) is 14.3. The number of halogens is 1. The van der Waals surface area contributed by atoms with E-state index >= 15 is 0 Å². The molecule has 0 aromatic carbocycles. The lowest BCUT2D eigenvalue weighted by Gasteiger charge is -2.37. The summed E-state index contributed by atoms with van der Waals surface area (Å²) in [6.07, 6.45) is 6.00. The van der Waals surface area contributed by atoms with E-state index in [0.717, 1.165) is 25.8 Å². The first kappa shape index (κ1) is 14.0. The van der Waals surface area contributed by atoms with E-state index in [1.165, 1.54) is 0 Å². The molecule has 3 rings (SSSR count). The highest BCUT2D eigenvalue weighted by atomic mass is 35.5. The number of carbonyl (C=O) groups excluding carboxylic acids is 1. The van der Waals surface area contributed by atoms with Crippen LogP contribution in [0, 0.1) is 0 Å². The second kappa shape index (κ2) is 5.41. The fourth-order valence-electron chi connectivity index (χ4n) is 3.69. The van der Waals surface area contributed by atoms with Crippen molar-refractivity contribution in [2.45, 2.75) is 63.8 Å². The Morgan fingerprint density at radius 3 is 2.65 bits per heavy atom. The first-order chi connectivity index (χ1) is 9.60. The van der Waals surface area contributed by atoms with Crippen LogP contribution in [-0.4, -0.2) is 38.7 Å². The lowest BCUT2D eigenvalue weighted by atomic mass is 9.99. The van der Waals surface area contributed by atoms with Crippen LogP contribution < -0.4 is 0 Å². The molecule has 4 nitrogen and oxygen atoms in total. The molecule has 2 aliphatic heterocycles. The Bertz CT molecular complexity index is 500. The number of aromatic nitrogens is 1. The molecule has 1 N–H and O–H groups in total. The molecular weight excluding hydrogens is 276 g/mol. The van der Waals surface area contributed by atoms with Gasteiger partial charge in [-0.1, -0.05) is 18.5 Å². The summed E-state index contributed by atoms with van der Waals surface area (Å²) < 4.78 is 1.95. The zero-order valence-corrected chi connectivity index (χ0v) is 12.5. The van der Waals surface area contributed by atoms with Crippen LogP contribution in [0.25, 0.3) is 0 Å². The number of piperidine rings is 1. The highest BCUT2D eigenvalue weighted by Crippen LogP contribution is 2.37. The van der Waals surface area contributed by atoms with E-state index in [-0.39, 0.29) is 24.1 Å². The van der Waals surface area contributed by atoms with Crippen molar-refractivity contribution in [1.29, 1.82) is 0 Å². The molecule has 1 aromatic heterocycles. The van der Waals surface area contributed by atoms with E-state index in [1.807, 2.05) is 15.7 Å². The number of hydrogen-bond acceptors (Lipinski definition) is 2. The summed E-state index contributed by atoms with van der Waals surface area (Å²) in [5.41, 5.74) is 0.685. The van der Waals surface area contributed by atoms with Crippen LogP contribution in [0.15, 0.2) is 12.3 Å². The molecule has 2 unspecified atom stereocenters. The summed E-state index contributed by atoms with van der Waals surface area (Å²) in [4.78, 5) is 14.8. The van der Waals surface area contributed by atoms with Crippen molar-refractivity contribution in [3.8, 4) is 0 Å². The second-order valence-corrected chi connectivity index (χ2v) is 6.40. The molecule has 2 bridgehead atoms. The van der Waals surface area contributed by atoms with Crippen molar-refractivity contribution in [3.63, 3.8) is 0 Å². The topological polar surface area (TPSA) is 45.5 Å². The maximum absolute atomic E-state index is 12.8. The van der Waals surface area contributed by atoms with Gasteiger partial charge >= 0.3 is 0 Å². The van der Waals surface area contributed by atoms with E-state index in [0.29, 0.717) is 23.6 Å². The van der Waals surface area contributed by atoms with Gasteiger partial charge in [-0.05, 0) is 38.2 Å². The van der Waals surface area contributed by atoms with Gasteiger partial charge in [-0.25, -0.2) is 0 Å². The largest absolute Gasteiger partial charge is 0.393 e. The SMILES string of the molecule is CCCn1cc(Cl)cc1C(=O)N1C2CCC1CC(O)C2. The molecule has 1 aromatic rings. The second-order valence-electron chi connectivity index (χ2n) is 5.96. The lowest BCUT2D eigenvalue weighted by Crippen LogP contribution is -2.48. The third-order valence-corrected chi connectivity index (χ3v) is 4.70. The molecular formula is C15H21ClN2O2. The van der Waals surface area contributed by atoms with E-state index in [9.17, 15) is 9.90 Å². The first-order valence-electron chi connectivity index (χ1n) is 7.46. The maximum atomic E-state index is 12.8. The first-order valence-corrected chi connectivity index (χ1v) is 7.84. The number of rotatable bonds is 3. The molecule has 1 amide bonds. The van der Waals surface area contributed by atoms with Crippen LogP contribution in [0.1, 0.15) is 49.5 Å². The van der Waals surface area contributed by atoms with Gasteiger partial charge in [0.25, 0.3) is 5.91 Å². The van der Waals surface area contributed by atoms with Crippen LogP contribution in [-0.2, 0) is 6.54 Å². The third-order valence-electron chi connectivity index (χ3n) is 4.49. The standard InChI is InChI=1S/C15H21ClN2O2/c1-2-5-17-9-10(16)6-14(17)15(20)18-11-3-4-12(18)8-13(19)7-11/h6,9,11-13,19H,2-5,7-8H2,1H3. The highest BCUT2D eigenvalue weighted by Gasteiger charge is 2.43. The minimum Gasteiger partial charge on any atom is -0.393 e. The molecule has 2 saturated heterocycles. The van der Waals surface area contributed by atoms with Gasteiger partial charge in [0, 0.05) is 24.8 Å². The predicted octanol–water partition coefficient (Wildman–Crippen LogP) is 2.68. The van der Waals surface area contributed by atoms with Gasteiger partial charge in [0.1, 0.15) is 5.69 Å². The summed E-state index contributed by atoms with van der Waals surface area (Å²) >= 11 is 6.06. The number of amides is 1. The lowest BCUT2D eigenvalue weighted by molar-refractivity contribution is 0.0279. The molecule has 20 heavy (non-hydrogen) atoms. The summed E-state index contributed by atoms with van der Waals surface area (Å²) in [7, 11) is 0. The minimum atomic E-state index is -0.248. The van der Waals surface area contributed by atoms with Gasteiger partial charge in [-0.15, -0.1) is 0 Å². The Morgan fingerprint density at radius 1 is 1.40 bits per heavy atom. The monoisotopic (exact) mass is 296 g/mol. The molecule has 2 fully saturated rings. The molecule has 110 valence electrons. The fourth-order valence-corrected chi connectivity index (χ4v) is 3.91. The average Bonchev–Trinajstić information content (AvgIpc) is 2.88. The van der Waals surface area contributed by atoms with Gasteiger partial charge in [-0.3, -0.25) is 4.79 Å². The quantitative estimate of drug-likeness (QED) is 0.932. The van der Waals surface area contributed by atoms with Crippen LogP contribution in [0.5, 0.6) is 0 Å². The highest BCUT2D eigenvalue weighted by molar-refractivity contribution is 6.31. The zero-order valence-electron chi connectivity index (χ0n) is 11.8. The van der Waals surface area contributed by atoms with Gasteiger partial charge in [-0.2, -0.15) is 0 Å². The normalized spacial score (nSPS) is 28.9. The van der Waals surface area contributed by atoms with Crippen molar-refractivity contribution < 1.29 is 9.90 Å². The van der Waals surface area contributed by atoms with Gasteiger partial charge < -0.3 is 14.6 Å². The number of aliphatic hydroxyl groups is 1. The number of carbonyl (C=O) groups is 1. The van der Waals surface area contributed by atoms with Gasteiger partial charge in [0.2, 0.25) is 0 Å². The number of nitrogens with zero attached hydrogens (tertiary/aromatic N) is 2. The Hall–Kier alpha value is -1.00.